The van der Waals surface area contributed by atoms with Crippen LogP contribution < -0.4 is 5.32 Å². The molecule has 2 unspecified atom stereocenters. The summed E-state index contributed by atoms with van der Waals surface area (Å²) in [6.07, 6.45) is 14.7. The van der Waals surface area contributed by atoms with E-state index in [0.29, 0.717) is 30.2 Å². The van der Waals surface area contributed by atoms with E-state index in [4.69, 9.17) is 0 Å². The molecule has 7 heteroatoms. The summed E-state index contributed by atoms with van der Waals surface area (Å²) in [7, 11) is 1.98. The van der Waals surface area contributed by atoms with Gasteiger partial charge in [0.15, 0.2) is 0 Å². The Morgan fingerprint density at radius 3 is 2.40 bits per heavy atom. The number of nitrogens with zero attached hydrogens (tertiary/aromatic N) is 3. The van der Waals surface area contributed by atoms with Crippen molar-refractivity contribution >= 4 is 11.9 Å². The maximum Gasteiger partial charge on any atom is 0.321 e. The van der Waals surface area contributed by atoms with Crippen LogP contribution in [0.15, 0.2) is 54.1 Å². The van der Waals surface area contributed by atoms with E-state index in [0.717, 1.165) is 83.4 Å². The van der Waals surface area contributed by atoms with Crippen molar-refractivity contribution in [1.29, 1.82) is 0 Å². The van der Waals surface area contributed by atoms with Crippen LogP contribution in [0.1, 0.15) is 76.7 Å². The first-order chi connectivity index (χ1) is 20.9. The molecular weight excluding hydrogens is 536 g/mol. The van der Waals surface area contributed by atoms with Crippen molar-refractivity contribution in [2.45, 2.75) is 89.3 Å². The van der Waals surface area contributed by atoms with Gasteiger partial charge in [0, 0.05) is 57.3 Å². The highest BCUT2D eigenvalue weighted by atomic mass is 16.4. The second-order valence-corrected chi connectivity index (χ2v) is 13.6. The summed E-state index contributed by atoms with van der Waals surface area (Å²) in [5, 5.41) is 13.7. The molecule has 2 aliphatic heterocycles. The molecule has 2 aliphatic carbocycles. The van der Waals surface area contributed by atoms with Crippen LogP contribution in [0.5, 0.6) is 0 Å². The number of allylic oxidation sites excluding steroid dienone is 1. The molecule has 2 saturated heterocycles. The fourth-order valence-corrected chi connectivity index (χ4v) is 8.54. The van der Waals surface area contributed by atoms with Crippen LogP contribution >= 0.6 is 0 Å². The van der Waals surface area contributed by atoms with Crippen molar-refractivity contribution in [2.75, 3.05) is 46.3 Å². The molecule has 0 radical (unpaired) electrons. The van der Waals surface area contributed by atoms with Crippen LogP contribution in [-0.2, 0) is 9.59 Å². The zero-order valence-corrected chi connectivity index (χ0v) is 26.7. The summed E-state index contributed by atoms with van der Waals surface area (Å²) in [5.74, 6) is 1.00. The van der Waals surface area contributed by atoms with Crippen molar-refractivity contribution in [3.8, 4) is 0 Å². The molecule has 0 bridgehead atoms. The topological polar surface area (TPSA) is 76.1 Å². The lowest BCUT2D eigenvalue weighted by atomic mass is 9.83. The molecule has 1 amide bonds. The van der Waals surface area contributed by atoms with Crippen LogP contribution in [0.2, 0.25) is 0 Å². The molecule has 0 spiro atoms. The van der Waals surface area contributed by atoms with Crippen LogP contribution in [0.3, 0.4) is 0 Å². The van der Waals surface area contributed by atoms with Gasteiger partial charge in [-0.15, -0.1) is 0 Å². The fourth-order valence-electron chi connectivity index (χ4n) is 8.54. The third kappa shape index (κ3) is 7.79. The number of piperidine rings is 1. The number of carbonyl (C=O) groups excluding carboxylic acids is 1. The van der Waals surface area contributed by atoms with Gasteiger partial charge in [0.05, 0.1) is 6.42 Å². The quantitative estimate of drug-likeness (QED) is 0.371. The van der Waals surface area contributed by atoms with Gasteiger partial charge in [0.2, 0.25) is 5.91 Å². The second kappa shape index (κ2) is 15.0. The van der Waals surface area contributed by atoms with E-state index in [1.165, 1.54) is 12.0 Å². The first-order valence-electron chi connectivity index (χ1n) is 17.0. The van der Waals surface area contributed by atoms with Crippen LogP contribution in [0.25, 0.3) is 0 Å². The number of benzene rings is 1. The molecular formula is C36H54N4O3. The van der Waals surface area contributed by atoms with Gasteiger partial charge in [-0.05, 0) is 68.5 Å². The highest BCUT2D eigenvalue weighted by molar-refractivity contribution is 5.80. The minimum absolute atomic E-state index is 0.241. The van der Waals surface area contributed by atoms with Gasteiger partial charge in [-0.1, -0.05) is 74.7 Å². The third-order valence-electron chi connectivity index (χ3n) is 10.8. The highest BCUT2D eigenvalue weighted by Gasteiger charge is 2.43. The Morgan fingerprint density at radius 1 is 1.05 bits per heavy atom. The van der Waals surface area contributed by atoms with Gasteiger partial charge in [-0.25, -0.2) is 0 Å². The number of hydrogen-bond acceptors (Lipinski definition) is 5. The van der Waals surface area contributed by atoms with Gasteiger partial charge in [0.25, 0.3) is 0 Å². The van der Waals surface area contributed by atoms with Gasteiger partial charge in [0.1, 0.15) is 6.04 Å². The van der Waals surface area contributed by atoms with Crippen molar-refractivity contribution < 1.29 is 14.7 Å². The number of carboxylic acids is 1. The molecule has 1 aromatic carbocycles. The Labute approximate surface area is 259 Å². The molecule has 2 N–H and O–H groups in total. The first kappa shape index (κ1) is 31.9. The monoisotopic (exact) mass is 590 g/mol. The standard InChI is InChI=1S/C36H54N4O3/c1-4-40(34(41)22-27-15-16-33(37-3)26(2)21-27)31-17-19-38(20-18-31)23-30-24-39(25-32(30)28-11-7-5-8-12-28)35(36(42)43)29-13-9-6-10-14-29/h5,7-8,11-12,15-16,21,26,29-33,35,37H,4,6,9-10,13-14,17-20,22-25H2,1-3H3,(H,42,43)/t26?,30-,32+,33?,35+/m0/s1. The third-order valence-corrected chi connectivity index (χ3v) is 10.8. The molecule has 1 aromatic rings. The molecule has 0 aromatic heterocycles. The Balaban J connectivity index is 1.20. The summed E-state index contributed by atoms with van der Waals surface area (Å²) in [6.45, 7) is 9.70. The summed E-state index contributed by atoms with van der Waals surface area (Å²) >= 11 is 0. The van der Waals surface area contributed by atoms with Gasteiger partial charge >= 0.3 is 5.97 Å². The zero-order chi connectivity index (χ0) is 30.3. The minimum Gasteiger partial charge on any atom is -0.480 e. The Hall–Kier alpha value is -2.48. The van der Waals surface area contributed by atoms with E-state index < -0.39 is 5.97 Å². The van der Waals surface area contributed by atoms with Gasteiger partial charge < -0.3 is 20.2 Å². The first-order valence-corrected chi connectivity index (χ1v) is 17.0. The summed E-state index contributed by atoms with van der Waals surface area (Å²) < 4.78 is 0. The van der Waals surface area contributed by atoms with Gasteiger partial charge in [-0.3, -0.25) is 14.5 Å². The average molecular weight is 591 g/mol. The molecule has 2 heterocycles. The lowest BCUT2D eigenvalue weighted by molar-refractivity contribution is -0.145. The maximum absolute atomic E-state index is 13.4. The van der Waals surface area contributed by atoms with Gasteiger partial charge in [-0.2, -0.15) is 0 Å². The van der Waals surface area contributed by atoms with E-state index >= 15 is 0 Å². The van der Waals surface area contributed by atoms with Crippen LogP contribution in [0.4, 0.5) is 0 Å². The molecule has 5 atom stereocenters. The Kier molecular flexibility index (Phi) is 11.1. The van der Waals surface area contributed by atoms with Crippen LogP contribution in [-0.4, -0.2) is 96.1 Å². The maximum atomic E-state index is 13.4. The number of rotatable bonds is 11. The number of aliphatic carboxylic acids is 1. The van der Waals surface area contributed by atoms with Crippen LogP contribution in [0, 0.1) is 17.8 Å². The summed E-state index contributed by atoms with van der Waals surface area (Å²) in [5.41, 5.74) is 2.47. The molecule has 3 fully saturated rings. The minimum atomic E-state index is -0.639. The number of amides is 1. The number of carboxylic acid groups (broad SMARTS) is 1. The molecule has 4 aliphatic rings. The summed E-state index contributed by atoms with van der Waals surface area (Å²) in [4.78, 5) is 33.0. The number of likely N-dealkylation sites (N-methyl/N-ethyl adjacent to an activating group) is 1. The number of hydrogen-bond donors (Lipinski definition) is 2. The molecule has 7 nitrogen and oxygen atoms in total. The van der Waals surface area contributed by atoms with Crippen molar-refractivity contribution in [1.82, 2.24) is 20.0 Å². The zero-order valence-electron chi connectivity index (χ0n) is 26.7. The van der Waals surface area contributed by atoms with Crippen molar-refractivity contribution in [3.05, 3.63) is 59.7 Å². The predicted molar refractivity (Wildman–Crippen MR) is 173 cm³/mol. The highest BCUT2D eigenvalue weighted by Crippen LogP contribution is 2.38. The average Bonchev–Trinajstić information content (AvgIpc) is 3.42. The molecule has 5 rings (SSSR count). The van der Waals surface area contributed by atoms with Crippen molar-refractivity contribution in [3.63, 3.8) is 0 Å². The Bertz CT molecular complexity index is 1120. The Morgan fingerprint density at radius 2 is 1.77 bits per heavy atom. The van der Waals surface area contributed by atoms with E-state index in [1.807, 2.05) is 7.05 Å². The second-order valence-electron chi connectivity index (χ2n) is 13.6. The number of carbonyl (C=O) groups is 2. The molecule has 1 saturated carbocycles. The lowest BCUT2D eigenvalue weighted by Crippen LogP contribution is -2.49. The summed E-state index contributed by atoms with van der Waals surface area (Å²) in [6, 6.07) is 11.0. The fraction of sp³-hybridized carbons (Fsp3) is 0.667. The molecule has 43 heavy (non-hydrogen) atoms. The number of nitrogens with one attached hydrogen (secondary N) is 1. The van der Waals surface area contributed by atoms with E-state index in [1.54, 1.807) is 0 Å². The van der Waals surface area contributed by atoms with E-state index in [-0.39, 0.29) is 23.9 Å². The predicted octanol–water partition coefficient (Wildman–Crippen LogP) is 5.16. The smallest absolute Gasteiger partial charge is 0.321 e. The molecule has 236 valence electrons. The normalized spacial score (nSPS) is 28.5. The largest absolute Gasteiger partial charge is 0.480 e. The SMILES string of the molecule is CCN(C(=O)CC1=CC(C)C(NC)C=C1)C1CCN(C[C@H]2CN([C@@H](C(=O)O)C3CCCCC3)C[C@@H]2c2ccccc2)CC1. The number of likely N-dealkylation sites (tertiary alicyclic amines) is 2. The van der Waals surface area contributed by atoms with Crippen molar-refractivity contribution in [2.24, 2.45) is 17.8 Å². The van der Waals surface area contributed by atoms with E-state index in [2.05, 4.69) is 82.4 Å². The lowest BCUT2D eigenvalue weighted by Gasteiger charge is -2.39. The van der Waals surface area contributed by atoms with E-state index in [9.17, 15) is 14.7 Å².